The Morgan fingerprint density at radius 3 is 2.67 bits per heavy atom. The second-order valence-corrected chi connectivity index (χ2v) is 5.66. The highest BCUT2D eigenvalue weighted by Gasteiger charge is 2.17. The lowest BCUT2D eigenvalue weighted by atomic mass is 9.94. The fraction of sp³-hybridized carbons (Fsp3) is 0.278. The van der Waals surface area contributed by atoms with Crippen molar-refractivity contribution >= 4 is 5.78 Å². The Bertz CT molecular complexity index is 721. The van der Waals surface area contributed by atoms with Crippen LogP contribution >= 0.6 is 0 Å². The summed E-state index contributed by atoms with van der Waals surface area (Å²) in [5.74, 6) is 1.01. The molecule has 0 fully saturated rings. The van der Waals surface area contributed by atoms with Crippen molar-refractivity contribution in [2.45, 2.75) is 19.4 Å². The molecule has 106 valence electrons. The molecule has 0 bridgehead atoms. The number of hydrogen-bond acceptors (Lipinski definition) is 3. The number of nitrogens with one attached hydrogen (secondary N) is 1. The summed E-state index contributed by atoms with van der Waals surface area (Å²) >= 11 is 0. The van der Waals surface area contributed by atoms with Gasteiger partial charge >= 0.3 is 0 Å². The zero-order chi connectivity index (χ0) is 14.2. The second kappa shape index (κ2) is 5.01. The van der Waals surface area contributed by atoms with Crippen molar-refractivity contribution in [3.63, 3.8) is 0 Å². The lowest BCUT2D eigenvalue weighted by molar-refractivity contribution is 0.103. The van der Waals surface area contributed by atoms with Crippen molar-refractivity contribution in [2.24, 2.45) is 0 Å². The molecule has 2 aromatic rings. The maximum atomic E-state index is 12.7. The van der Waals surface area contributed by atoms with E-state index in [0.717, 1.165) is 55.0 Å². The molecule has 21 heavy (non-hydrogen) atoms. The van der Waals surface area contributed by atoms with E-state index in [1.165, 1.54) is 11.1 Å². The summed E-state index contributed by atoms with van der Waals surface area (Å²) in [6.07, 6.45) is 1.94. The minimum Gasteiger partial charge on any atom is -0.493 e. The van der Waals surface area contributed by atoms with Crippen LogP contribution in [0.1, 0.15) is 32.6 Å². The van der Waals surface area contributed by atoms with E-state index in [1.54, 1.807) is 0 Å². The highest BCUT2D eigenvalue weighted by Crippen LogP contribution is 2.27. The minimum atomic E-state index is 0.0954. The molecule has 2 aliphatic rings. The standard InChI is InChI=1S/C18H17NO2/c20-18(15-3-4-17-13(9-15)6-8-21-17)14-2-1-12-5-7-19-11-16(12)10-14/h1-4,9-10,19H,5-8,11H2. The van der Waals surface area contributed by atoms with E-state index in [4.69, 9.17) is 4.74 Å². The molecule has 0 radical (unpaired) electrons. The molecule has 4 rings (SSSR count). The first-order valence-corrected chi connectivity index (χ1v) is 7.44. The molecule has 1 N–H and O–H groups in total. The van der Waals surface area contributed by atoms with Gasteiger partial charge in [-0.3, -0.25) is 4.79 Å². The van der Waals surface area contributed by atoms with Crippen LogP contribution in [0, 0.1) is 0 Å². The molecule has 0 unspecified atom stereocenters. The Morgan fingerprint density at radius 2 is 1.76 bits per heavy atom. The smallest absolute Gasteiger partial charge is 0.193 e. The number of benzene rings is 2. The zero-order valence-corrected chi connectivity index (χ0v) is 11.8. The average molecular weight is 279 g/mol. The molecule has 0 atom stereocenters. The number of hydrogen-bond donors (Lipinski definition) is 1. The van der Waals surface area contributed by atoms with Crippen LogP contribution in [0.2, 0.25) is 0 Å². The minimum absolute atomic E-state index is 0.0954. The third kappa shape index (κ3) is 2.24. The van der Waals surface area contributed by atoms with Crippen molar-refractivity contribution in [3.8, 4) is 5.75 Å². The predicted molar refractivity (Wildman–Crippen MR) is 80.9 cm³/mol. The Labute approximate surface area is 123 Å². The lowest BCUT2D eigenvalue weighted by Crippen LogP contribution is -2.23. The van der Waals surface area contributed by atoms with Gasteiger partial charge < -0.3 is 10.1 Å². The first-order chi connectivity index (χ1) is 10.3. The molecular weight excluding hydrogens is 262 g/mol. The summed E-state index contributed by atoms with van der Waals surface area (Å²) in [7, 11) is 0. The normalized spacial score (nSPS) is 16.0. The maximum Gasteiger partial charge on any atom is 0.193 e. The Balaban J connectivity index is 1.68. The van der Waals surface area contributed by atoms with Gasteiger partial charge in [-0.05, 0) is 53.9 Å². The number of carbonyl (C=O) groups is 1. The molecule has 2 aromatic carbocycles. The van der Waals surface area contributed by atoms with Crippen LogP contribution in [0.5, 0.6) is 5.75 Å². The van der Waals surface area contributed by atoms with Gasteiger partial charge in [0.2, 0.25) is 0 Å². The van der Waals surface area contributed by atoms with Crippen molar-refractivity contribution in [1.29, 1.82) is 0 Å². The molecule has 0 aromatic heterocycles. The van der Waals surface area contributed by atoms with Gasteiger partial charge in [0, 0.05) is 24.1 Å². The molecule has 0 saturated carbocycles. The summed E-state index contributed by atoms with van der Waals surface area (Å²) < 4.78 is 5.49. The molecule has 3 heteroatoms. The number of rotatable bonds is 2. The fourth-order valence-corrected chi connectivity index (χ4v) is 3.12. The molecule has 2 aliphatic heterocycles. The summed E-state index contributed by atoms with van der Waals surface area (Å²) in [5.41, 5.74) is 5.27. The summed E-state index contributed by atoms with van der Waals surface area (Å²) in [4.78, 5) is 12.7. The van der Waals surface area contributed by atoms with Crippen LogP contribution in [0.4, 0.5) is 0 Å². The van der Waals surface area contributed by atoms with Gasteiger partial charge in [-0.25, -0.2) is 0 Å². The summed E-state index contributed by atoms with van der Waals surface area (Å²) in [6.45, 7) is 2.59. The van der Waals surface area contributed by atoms with Gasteiger partial charge in [-0.1, -0.05) is 12.1 Å². The van der Waals surface area contributed by atoms with Crippen molar-refractivity contribution in [3.05, 3.63) is 64.2 Å². The quantitative estimate of drug-likeness (QED) is 0.858. The van der Waals surface area contributed by atoms with Crippen LogP contribution in [0.25, 0.3) is 0 Å². The average Bonchev–Trinajstić information content (AvgIpc) is 3.01. The predicted octanol–water partition coefficient (Wildman–Crippen LogP) is 2.50. The van der Waals surface area contributed by atoms with E-state index < -0.39 is 0 Å². The van der Waals surface area contributed by atoms with E-state index in [0.29, 0.717) is 0 Å². The van der Waals surface area contributed by atoms with Gasteiger partial charge in [0.1, 0.15) is 5.75 Å². The molecule has 0 aliphatic carbocycles. The largest absolute Gasteiger partial charge is 0.493 e. The molecule has 3 nitrogen and oxygen atoms in total. The third-order valence-corrected chi connectivity index (χ3v) is 4.31. The number of ether oxygens (including phenoxy) is 1. The molecule has 0 saturated heterocycles. The summed E-state index contributed by atoms with van der Waals surface area (Å²) in [6, 6.07) is 11.8. The van der Waals surface area contributed by atoms with Crippen LogP contribution in [-0.4, -0.2) is 18.9 Å². The van der Waals surface area contributed by atoms with Gasteiger partial charge in [-0.2, -0.15) is 0 Å². The van der Waals surface area contributed by atoms with Gasteiger partial charge in [0.25, 0.3) is 0 Å². The van der Waals surface area contributed by atoms with Crippen LogP contribution in [0.3, 0.4) is 0 Å². The molecule has 2 heterocycles. The molecule has 0 amide bonds. The first kappa shape index (κ1) is 12.6. The number of fused-ring (bicyclic) bond motifs is 2. The molecule has 0 spiro atoms. The van der Waals surface area contributed by atoms with Crippen LogP contribution in [0.15, 0.2) is 36.4 Å². The van der Waals surface area contributed by atoms with Crippen molar-refractivity contribution in [2.75, 3.05) is 13.2 Å². The van der Waals surface area contributed by atoms with Gasteiger partial charge in [-0.15, -0.1) is 0 Å². The van der Waals surface area contributed by atoms with E-state index in [9.17, 15) is 4.79 Å². The van der Waals surface area contributed by atoms with E-state index in [1.807, 2.05) is 30.3 Å². The lowest BCUT2D eigenvalue weighted by Gasteiger charge is -2.17. The van der Waals surface area contributed by atoms with E-state index in [-0.39, 0.29) is 5.78 Å². The van der Waals surface area contributed by atoms with E-state index in [2.05, 4.69) is 11.4 Å². The third-order valence-electron chi connectivity index (χ3n) is 4.31. The topological polar surface area (TPSA) is 38.3 Å². The highest BCUT2D eigenvalue weighted by atomic mass is 16.5. The molecular formula is C18H17NO2. The Kier molecular flexibility index (Phi) is 3.00. The van der Waals surface area contributed by atoms with Crippen LogP contribution in [-0.2, 0) is 19.4 Å². The van der Waals surface area contributed by atoms with Crippen molar-refractivity contribution < 1.29 is 9.53 Å². The number of carbonyl (C=O) groups excluding carboxylic acids is 1. The van der Waals surface area contributed by atoms with Gasteiger partial charge in [0.15, 0.2) is 5.78 Å². The zero-order valence-electron chi connectivity index (χ0n) is 11.8. The Hall–Kier alpha value is -2.13. The van der Waals surface area contributed by atoms with Gasteiger partial charge in [0.05, 0.1) is 6.61 Å². The first-order valence-electron chi connectivity index (χ1n) is 7.44. The second-order valence-electron chi connectivity index (χ2n) is 5.66. The fourth-order valence-electron chi connectivity index (χ4n) is 3.12. The van der Waals surface area contributed by atoms with E-state index >= 15 is 0 Å². The number of ketones is 1. The highest BCUT2D eigenvalue weighted by molar-refractivity contribution is 6.09. The monoisotopic (exact) mass is 279 g/mol. The van der Waals surface area contributed by atoms with Crippen LogP contribution < -0.4 is 10.1 Å². The maximum absolute atomic E-state index is 12.7. The van der Waals surface area contributed by atoms with Crippen molar-refractivity contribution in [1.82, 2.24) is 5.32 Å². The summed E-state index contributed by atoms with van der Waals surface area (Å²) in [5, 5.41) is 3.35. The SMILES string of the molecule is O=C(c1ccc2c(c1)CNCC2)c1ccc2c(c1)CCO2. The Morgan fingerprint density at radius 1 is 0.952 bits per heavy atom.